The quantitative estimate of drug-likeness (QED) is 0.817. The molecule has 3 heterocycles. The summed E-state index contributed by atoms with van der Waals surface area (Å²) in [6.07, 6.45) is 3.14. The van der Waals surface area contributed by atoms with Crippen molar-refractivity contribution in [3.8, 4) is 0 Å². The summed E-state index contributed by atoms with van der Waals surface area (Å²) >= 11 is 1.48. The average Bonchev–Trinajstić information content (AvgIpc) is 2.89. The summed E-state index contributed by atoms with van der Waals surface area (Å²) in [4.78, 5) is 14.7. The van der Waals surface area contributed by atoms with Crippen molar-refractivity contribution in [2.24, 2.45) is 11.8 Å². The largest absolute Gasteiger partial charge is 0.341 e. The Kier molecular flexibility index (Phi) is 4.38. The number of likely N-dealkylation sites (tertiary alicyclic amines) is 1. The third-order valence-electron chi connectivity index (χ3n) is 4.09. The van der Waals surface area contributed by atoms with Gasteiger partial charge in [-0.1, -0.05) is 31.7 Å². The molecule has 2 aromatic heterocycles. The lowest BCUT2D eigenvalue weighted by molar-refractivity contribution is -0.132. The van der Waals surface area contributed by atoms with E-state index in [0.29, 0.717) is 11.8 Å². The molecule has 3 unspecified atom stereocenters. The topological polar surface area (TPSA) is 50.5 Å². The van der Waals surface area contributed by atoms with Gasteiger partial charge < -0.3 is 4.90 Å². The summed E-state index contributed by atoms with van der Waals surface area (Å²) in [5.41, 5.74) is 0.810. The third-order valence-corrected chi connectivity index (χ3v) is 5.14. The Labute approximate surface area is 135 Å². The number of thioether (sulfide) groups is 1. The van der Waals surface area contributed by atoms with Gasteiger partial charge in [-0.25, -0.2) is 0 Å². The molecule has 2 aromatic rings. The van der Waals surface area contributed by atoms with E-state index in [1.807, 2.05) is 40.6 Å². The predicted molar refractivity (Wildman–Crippen MR) is 87.8 cm³/mol. The van der Waals surface area contributed by atoms with Gasteiger partial charge in [-0.15, -0.1) is 10.2 Å². The molecule has 0 aromatic carbocycles. The van der Waals surface area contributed by atoms with E-state index in [0.717, 1.165) is 23.9 Å². The SMILES string of the molecule is CC1CC(C)CN(C(=O)C(C)Sc2nnc3ccccn23)C1. The molecular formula is C16H22N4OS. The van der Waals surface area contributed by atoms with E-state index >= 15 is 0 Å². The van der Waals surface area contributed by atoms with Crippen molar-refractivity contribution in [3.63, 3.8) is 0 Å². The smallest absolute Gasteiger partial charge is 0.235 e. The standard InChI is InChI=1S/C16H22N4OS/c1-11-8-12(2)10-19(9-11)15(21)13(3)22-16-18-17-14-6-4-5-7-20(14)16/h4-7,11-13H,8-10H2,1-3H3. The lowest BCUT2D eigenvalue weighted by atomic mass is 9.92. The first-order valence-corrected chi connectivity index (χ1v) is 8.67. The molecule has 1 fully saturated rings. The van der Waals surface area contributed by atoms with Crippen LogP contribution in [0.15, 0.2) is 29.6 Å². The van der Waals surface area contributed by atoms with Crippen LogP contribution < -0.4 is 0 Å². The second-order valence-corrected chi connectivity index (χ2v) is 7.67. The predicted octanol–water partition coefficient (Wildman–Crippen LogP) is 2.71. The highest BCUT2D eigenvalue weighted by Gasteiger charge is 2.29. The number of hydrogen-bond donors (Lipinski definition) is 0. The number of nitrogens with zero attached hydrogens (tertiary/aromatic N) is 4. The van der Waals surface area contributed by atoms with Crippen LogP contribution in [0.5, 0.6) is 0 Å². The summed E-state index contributed by atoms with van der Waals surface area (Å²) in [7, 11) is 0. The van der Waals surface area contributed by atoms with Gasteiger partial charge in [0.15, 0.2) is 10.8 Å². The Morgan fingerprint density at radius 2 is 2.00 bits per heavy atom. The summed E-state index contributed by atoms with van der Waals surface area (Å²) in [6.45, 7) is 8.14. The van der Waals surface area contributed by atoms with Crippen LogP contribution in [0.25, 0.3) is 5.65 Å². The Hall–Kier alpha value is -1.56. The average molecular weight is 318 g/mol. The molecule has 1 aliphatic rings. The Bertz CT molecular complexity index is 661. The number of hydrogen-bond acceptors (Lipinski definition) is 4. The van der Waals surface area contributed by atoms with Gasteiger partial charge in [-0.05, 0) is 37.3 Å². The molecule has 1 saturated heterocycles. The fraction of sp³-hybridized carbons (Fsp3) is 0.562. The highest BCUT2D eigenvalue weighted by Crippen LogP contribution is 2.27. The van der Waals surface area contributed by atoms with Crippen molar-refractivity contribution in [1.82, 2.24) is 19.5 Å². The van der Waals surface area contributed by atoms with Crippen LogP contribution in [0.3, 0.4) is 0 Å². The van der Waals surface area contributed by atoms with E-state index in [9.17, 15) is 4.79 Å². The molecule has 0 aliphatic carbocycles. The normalized spacial score (nSPS) is 23.7. The molecule has 5 nitrogen and oxygen atoms in total. The molecule has 0 N–H and O–H groups in total. The van der Waals surface area contributed by atoms with Gasteiger partial charge in [0.1, 0.15) is 0 Å². The van der Waals surface area contributed by atoms with Crippen LogP contribution in [-0.2, 0) is 4.79 Å². The number of rotatable bonds is 3. The van der Waals surface area contributed by atoms with Crippen molar-refractivity contribution in [3.05, 3.63) is 24.4 Å². The first-order chi connectivity index (χ1) is 10.5. The molecule has 6 heteroatoms. The zero-order valence-electron chi connectivity index (χ0n) is 13.3. The fourth-order valence-electron chi connectivity index (χ4n) is 3.21. The van der Waals surface area contributed by atoms with Crippen LogP contribution in [0.4, 0.5) is 0 Å². The lowest BCUT2D eigenvalue weighted by Crippen LogP contribution is -2.45. The molecule has 118 valence electrons. The first-order valence-electron chi connectivity index (χ1n) is 7.80. The number of amides is 1. The number of fused-ring (bicyclic) bond motifs is 1. The van der Waals surface area contributed by atoms with Gasteiger partial charge in [0.25, 0.3) is 0 Å². The van der Waals surface area contributed by atoms with Gasteiger partial charge in [0.2, 0.25) is 5.91 Å². The maximum atomic E-state index is 12.7. The molecule has 22 heavy (non-hydrogen) atoms. The minimum atomic E-state index is -0.148. The molecule has 1 amide bonds. The first kappa shape index (κ1) is 15.3. The monoisotopic (exact) mass is 318 g/mol. The highest BCUT2D eigenvalue weighted by atomic mass is 32.2. The van der Waals surface area contributed by atoms with Crippen LogP contribution in [0.2, 0.25) is 0 Å². The zero-order valence-corrected chi connectivity index (χ0v) is 14.1. The van der Waals surface area contributed by atoms with E-state index in [1.165, 1.54) is 18.2 Å². The number of carbonyl (C=O) groups excluding carboxylic acids is 1. The van der Waals surface area contributed by atoms with Crippen molar-refractivity contribution in [2.75, 3.05) is 13.1 Å². The molecule has 3 rings (SSSR count). The maximum absolute atomic E-state index is 12.7. The zero-order chi connectivity index (χ0) is 15.7. The van der Waals surface area contributed by atoms with E-state index in [1.54, 1.807) is 0 Å². The Morgan fingerprint density at radius 1 is 1.27 bits per heavy atom. The number of pyridine rings is 1. The van der Waals surface area contributed by atoms with Crippen LogP contribution in [0.1, 0.15) is 27.2 Å². The molecule has 0 bridgehead atoms. The summed E-state index contributed by atoms with van der Waals surface area (Å²) in [5.74, 6) is 1.37. The number of aromatic nitrogens is 3. The summed E-state index contributed by atoms with van der Waals surface area (Å²) < 4.78 is 1.93. The van der Waals surface area contributed by atoms with Crippen LogP contribution in [0, 0.1) is 11.8 Å². The molecule has 1 aliphatic heterocycles. The van der Waals surface area contributed by atoms with Crippen LogP contribution >= 0.6 is 11.8 Å². The van der Waals surface area contributed by atoms with Crippen LogP contribution in [-0.4, -0.2) is 43.7 Å². The highest BCUT2D eigenvalue weighted by molar-refractivity contribution is 8.00. The second-order valence-electron chi connectivity index (χ2n) is 6.36. The molecule has 0 spiro atoms. The van der Waals surface area contributed by atoms with E-state index in [-0.39, 0.29) is 11.2 Å². The maximum Gasteiger partial charge on any atom is 0.235 e. The molecule has 0 saturated carbocycles. The molecular weight excluding hydrogens is 296 g/mol. The van der Waals surface area contributed by atoms with Crippen molar-refractivity contribution in [1.29, 1.82) is 0 Å². The van der Waals surface area contributed by atoms with E-state index in [4.69, 9.17) is 0 Å². The van der Waals surface area contributed by atoms with Gasteiger partial charge in [0.05, 0.1) is 5.25 Å². The van der Waals surface area contributed by atoms with Crippen molar-refractivity contribution < 1.29 is 4.79 Å². The van der Waals surface area contributed by atoms with E-state index < -0.39 is 0 Å². The third kappa shape index (κ3) is 3.11. The fourth-order valence-corrected chi connectivity index (χ4v) is 4.13. The van der Waals surface area contributed by atoms with Gasteiger partial charge in [-0.2, -0.15) is 0 Å². The molecule has 0 radical (unpaired) electrons. The Morgan fingerprint density at radius 3 is 2.73 bits per heavy atom. The van der Waals surface area contributed by atoms with Crippen molar-refractivity contribution >= 4 is 23.3 Å². The minimum Gasteiger partial charge on any atom is -0.341 e. The summed E-state index contributed by atoms with van der Waals surface area (Å²) in [5, 5.41) is 8.96. The van der Waals surface area contributed by atoms with Gasteiger partial charge in [0, 0.05) is 19.3 Å². The second kappa shape index (κ2) is 6.28. The van der Waals surface area contributed by atoms with E-state index in [2.05, 4.69) is 24.0 Å². The minimum absolute atomic E-state index is 0.148. The Balaban J connectivity index is 1.71. The summed E-state index contributed by atoms with van der Waals surface area (Å²) in [6, 6.07) is 5.79. The molecule has 3 atom stereocenters. The van der Waals surface area contributed by atoms with Gasteiger partial charge in [-0.3, -0.25) is 9.20 Å². The van der Waals surface area contributed by atoms with Crippen molar-refractivity contribution in [2.45, 2.75) is 37.6 Å². The lowest BCUT2D eigenvalue weighted by Gasteiger charge is -2.36. The number of carbonyl (C=O) groups is 1. The van der Waals surface area contributed by atoms with Gasteiger partial charge >= 0.3 is 0 Å². The number of piperidine rings is 1.